The predicted molar refractivity (Wildman–Crippen MR) is 143 cm³/mol. The van der Waals surface area contributed by atoms with Crippen molar-refractivity contribution in [2.24, 2.45) is 0 Å². The van der Waals surface area contributed by atoms with E-state index in [4.69, 9.17) is 20.8 Å². The van der Waals surface area contributed by atoms with Gasteiger partial charge in [0.05, 0.1) is 34.1 Å². The van der Waals surface area contributed by atoms with Gasteiger partial charge in [-0.1, -0.05) is 35.9 Å². The number of H-pyrrole nitrogens is 1. The zero-order chi connectivity index (χ0) is 29.5. The zero-order valence-corrected chi connectivity index (χ0v) is 22.6. The highest BCUT2D eigenvalue weighted by molar-refractivity contribution is 7.92. The summed E-state index contributed by atoms with van der Waals surface area (Å²) in [5.74, 6) is -1.30. The number of aromatic amines is 1. The van der Waals surface area contributed by atoms with Crippen molar-refractivity contribution < 1.29 is 35.1 Å². The van der Waals surface area contributed by atoms with Crippen molar-refractivity contribution in [1.29, 1.82) is 0 Å². The van der Waals surface area contributed by atoms with E-state index in [1.54, 1.807) is 19.1 Å². The first-order chi connectivity index (χ1) is 19.3. The predicted octanol–water partition coefficient (Wildman–Crippen LogP) is 5.93. The Hall–Kier alpha value is -4.10. The van der Waals surface area contributed by atoms with Crippen molar-refractivity contribution in [3.63, 3.8) is 0 Å². The second kappa shape index (κ2) is 10.7. The Labute approximate surface area is 235 Å². The number of nitrogens with zero attached hydrogens (tertiary/aromatic N) is 2. The van der Waals surface area contributed by atoms with E-state index in [0.29, 0.717) is 17.2 Å². The molecule has 1 N–H and O–H groups in total. The highest BCUT2D eigenvalue weighted by atomic mass is 35.5. The van der Waals surface area contributed by atoms with Crippen molar-refractivity contribution in [3.8, 4) is 5.75 Å². The third-order valence-corrected chi connectivity index (χ3v) is 8.38. The first-order valence-corrected chi connectivity index (χ1v) is 13.8. The van der Waals surface area contributed by atoms with Crippen LogP contribution in [-0.2, 0) is 22.6 Å². The van der Waals surface area contributed by atoms with Gasteiger partial charge in [0.15, 0.2) is 0 Å². The van der Waals surface area contributed by atoms with E-state index in [-0.39, 0.29) is 40.9 Å². The molecular weight excluding hydrogens is 590 g/mol. The SMILES string of the molecule is CC(=Cc1ccc2c(c1)N(S(=O)(=O)c1cccc(C(F)(F)F)c1)CC(Cc1n[nH]c(=O)o1)O2)c1c(F)cccc1Cl. The summed E-state index contributed by atoms with van der Waals surface area (Å²) in [6, 6.07) is 12.2. The summed E-state index contributed by atoms with van der Waals surface area (Å²) in [5.41, 5.74) is -0.0231. The summed E-state index contributed by atoms with van der Waals surface area (Å²) < 4.78 is 94.1. The third kappa shape index (κ3) is 5.86. The standard InChI is InChI=1S/C27H20ClF4N3O5S/c1-15(25-20(28)6-3-7-21(25)29)10-16-8-9-23-22(11-16)35(14-18(39-23)13-24-33-34-26(36)40-24)41(37,38)19-5-2-4-17(12-19)27(30,31)32/h2-12,18H,13-14H2,1H3,(H,34,36). The molecule has 1 aliphatic heterocycles. The number of halogens is 5. The Kier molecular flexibility index (Phi) is 7.43. The van der Waals surface area contributed by atoms with E-state index in [1.165, 1.54) is 30.3 Å². The van der Waals surface area contributed by atoms with E-state index >= 15 is 0 Å². The smallest absolute Gasteiger partial charge is 0.434 e. The van der Waals surface area contributed by atoms with Crippen LogP contribution in [0.1, 0.15) is 29.5 Å². The molecule has 2 heterocycles. The number of aromatic nitrogens is 2. The molecule has 0 fully saturated rings. The summed E-state index contributed by atoms with van der Waals surface area (Å²) in [4.78, 5) is 10.8. The van der Waals surface area contributed by atoms with Crippen LogP contribution in [0.5, 0.6) is 5.75 Å². The van der Waals surface area contributed by atoms with Gasteiger partial charge in [-0.25, -0.2) is 22.7 Å². The number of fused-ring (bicyclic) bond motifs is 1. The Morgan fingerprint density at radius 3 is 2.61 bits per heavy atom. The topological polar surface area (TPSA) is 106 Å². The molecule has 0 saturated heterocycles. The van der Waals surface area contributed by atoms with Crippen molar-refractivity contribution in [2.75, 3.05) is 10.8 Å². The Morgan fingerprint density at radius 1 is 1.17 bits per heavy atom. The minimum absolute atomic E-state index is 0.0446. The van der Waals surface area contributed by atoms with Gasteiger partial charge in [-0.3, -0.25) is 4.31 Å². The lowest BCUT2D eigenvalue weighted by Crippen LogP contribution is -2.44. The van der Waals surface area contributed by atoms with Crippen LogP contribution in [0.3, 0.4) is 0 Å². The number of sulfonamides is 1. The number of allylic oxidation sites excluding steroid dienone is 1. The molecule has 4 aromatic rings. The van der Waals surface area contributed by atoms with Crippen LogP contribution in [0, 0.1) is 5.82 Å². The molecular formula is C27H20ClF4N3O5S. The zero-order valence-electron chi connectivity index (χ0n) is 21.1. The molecule has 3 aromatic carbocycles. The fourth-order valence-corrected chi connectivity index (χ4v) is 6.31. The molecule has 0 spiro atoms. The lowest BCUT2D eigenvalue weighted by Gasteiger charge is -2.35. The van der Waals surface area contributed by atoms with Crippen LogP contribution in [0.15, 0.2) is 74.8 Å². The number of hydrogen-bond acceptors (Lipinski definition) is 6. The molecule has 0 amide bonds. The van der Waals surface area contributed by atoms with E-state index in [1.807, 2.05) is 0 Å². The van der Waals surface area contributed by atoms with Crippen molar-refractivity contribution in [1.82, 2.24) is 10.2 Å². The van der Waals surface area contributed by atoms with E-state index in [0.717, 1.165) is 22.5 Å². The summed E-state index contributed by atoms with van der Waals surface area (Å²) >= 11 is 6.18. The molecule has 14 heteroatoms. The van der Waals surface area contributed by atoms with Crippen molar-refractivity contribution in [3.05, 3.63) is 105 Å². The van der Waals surface area contributed by atoms with Crippen LogP contribution in [0.2, 0.25) is 5.02 Å². The fraction of sp³-hybridized carbons (Fsp3) is 0.185. The molecule has 41 heavy (non-hydrogen) atoms. The Bertz CT molecular complexity index is 1800. The minimum atomic E-state index is -4.77. The fourth-order valence-electron chi connectivity index (χ4n) is 4.45. The second-order valence-electron chi connectivity index (χ2n) is 9.16. The number of alkyl halides is 3. The maximum absolute atomic E-state index is 14.5. The van der Waals surface area contributed by atoms with Gasteiger partial charge in [0.2, 0.25) is 5.89 Å². The number of benzene rings is 3. The number of ether oxygens (including phenoxy) is 1. The maximum atomic E-state index is 14.5. The number of hydrogen-bond donors (Lipinski definition) is 1. The van der Waals surface area contributed by atoms with Gasteiger partial charge in [-0.15, -0.1) is 5.10 Å². The number of nitrogens with one attached hydrogen (secondary N) is 1. The second-order valence-corrected chi connectivity index (χ2v) is 11.4. The molecule has 0 bridgehead atoms. The van der Waals surface area contributed by atoms with Gasteiger partial charge in [0, 0.05) is 5.56 Å². The third-order valence-electron chi connectivity index (χ3n) is 6.29. The van der Waals surface area contributed by atoms with Gasteiger partial charge in [0.1, 0.15) is 17.7 Å². The van der Waals surface area contributed by atoms with Gasteiger partial charge in [-0.05, 0) is 60.5 Å². The molecule has 5 rings (SSSR count). The highest BCUT2D eigenvalue weighted by Gasteiger charge is 2.37. The quantitative estimate of drug-likeness (QED) is 0.214. The Balaban J connectivity index is 1.59. The van der Waals surface area contributed by atoms with Crippen LogP contribution in [-0.4, -0.2) is 31.3 Å². The van der Waals surface area contributed by atoms with Gasteiger partial charge >= 0.3 is 11.9 Å². The monoisotopic (exact) mass is 609 g/mol. The molecule has 1 unspecified atom stereocenters. The largest absolute Gasteiger partial charge is 0.486 e. The lowest BCUT2D eigenvalue weighted by molar-refractivity contribution is -0.137. The maximum Gasteiger partial charge on any atom is 0.434 e. The van der Waals surface area contributed by atoms with Crippen molar-refractivity contribution >= 4 is 39.0 Å². The van der Waals surface area contributed by atoms with E-state index in [9.17, 15) is 30.8 Å². The average Bonchev–Trinajstić information content (AvgIpc) is 3.32. The summed E-state index contributed by atoms with van der Waals surface area (Å²) in [6.45, 7) is 1.29. The first kappa shape index (κ1) is 28.4. The van der Waals surface area contributed by atoms with Crippen molar-refractivity contribution in [2.45, 2.75) is 30.5 Å². The molecule has 8 nitrogen and oxygen atoms in total. The first-order valence-electron chi connectivity index (χ1n) is 12.0. The van der Waals surface area contributed by atoms with Crippen LogP contribution in [0.25, 0.3) is 11.6 Å². The summed E-state index contributed by atoms with van der Waals surface area (Å²) in [6.07, 6.45) is -4.20. The molecule has 1 aliphatic rings. The normalized spacial score (nSPS) is 15.9. The molecule has 0 aliphatic carbocycles. The lowest BCUT2D eigenvalue weighted by atomic mass is 10.0. The molecule has 1 atom stereocenters. The Morgan fingerprint density at radius 2 is 1.93 bits per heavy atom. The van der Waals surface area contributed by atoms with Crippen LogP contribution in [0.4, 0.5) is 23.2 Å². The molecule has 214 valence electrons. The minimum Gasteiger partial charge on any atom is -0.486 e. The summed E-state index contributed by atoms with van der Waals surface area (Å²) in [5, 5.41) is 6.00. The van der Waals surface area contributed by atoms with E-state index in [2.05, 4.69) is 10.2 Å². The van der Waals surface area contributed by atoms with E-state index < -0.39 is 44.3 Å². The number of rotatable bonds is 6. The molecule has 1 aromatic heterocycles. The summed E-state index contributed by atoms with van der Waals surface area (Å²) in [7, 11) is -4.56. The molecule has 0 saturated carbocycles. The van der Waals surface area contributed by atoms with Crippen LogP contribution < -0.4 is 14.8 Å². The van der Waals surface area contributed by atoms with Gasteiger partial charge < -0.3 is 9.15 Å². The average molecular weight is 610 g/mol. The highest BCUT2D eigenvalue weighted by Crippen LogP contribution is 2.40. The van der Waals surface area contributed by atoms with Gasteiger partial charge in [-0.2, -0.15) is 13.2 Å². The molecule has 0 radical (unpaired) electrons. The number of anilines is 1. The van der Waals surface area contributed by atoms with Crippen LogP contribution >= 0.6 is 11.6 Å². The van der Waals surface area contributed by atoms with Gasteiger partial charge in [0.25, 0.3) is 10.0 Å².